The van der Waals surface area contributed by atoms with E-state index in [1.807, 2.05) is 19.0 Å². The average Bonchev–Trinajstić information content (AvgIpc) is 2.55. The third kappa shape index (κ3) is 4.12. The summed E-state index contributed by atoms with van der Waals surface area (Å²) < 4.78 is 5.42. The van der Waals surface area contributed by atoms with Gasteiger partial charge in [-0.05, 0) is 19.3 Å². The highest BCUT2D eigenvalue weighted by atomic mass is 16.5. The van der Waals surface area contributed by atoms with Gasteiger partial charge in [-0.2, -0.15) is 0 Å². The maximum Gasteiger partial charge on any atom is 0.320 e. The minimum absolute atomic E-state index is 0.225. The van der Waals surface area contributed by atoms with Crippen molar-refractivity contribution >= 4 is 17.7 Å². The maximum atomic E-state index is 12.1. The van der Waals surface area contributed by atoms with Crippen LogP contribution in [0.15, 0.2) is 12.4 Å². The fourth-order valence-electron chi connectivity index (χ4n) is 3.21. The summed E-state index contributed by atoms with van der Waals surface area (Å²) in [6.45, 7) is 3.49. The summed E-state index contributed by atoms with van der Waals surface area (Å²) >= 11 is 0. The number of nitrogens with zero attached hydrogens (tertiary/aromatic N) is 4. The molecule has 0 radical (unpaired) electrons. The third-order valence-corrected chi connectivity index (χ3v) is 4.70. The molecule has 3 rings (SSSR count). The highest BCUT2D eigenvalue weighted by molar-refractivity contribution is 5.88. The van der Waals surface area contributed by atoms with E-state index in [-0.39, 0.29) is 6.03 Å². The predicted octanol–water partition coefficient (Wildman–Crippen LogP) is 0.917. The van der Waals surface area contributed by atoms with E-state index in [4.69, 9.17) is 4.74 Å². The SMILES string of the molecule is CN(C)c1cc(NC(=O)NCC2CCN2C2CCOCC2)ncn1. The van der Waals surface area contributed by atoms with E-state index in [0.29, 0.717) is 24.4 Å². The molecule has 2 saturated heterocycles. The van der Waals surface area contributed by atoms with E-state index < -0.39 is 0 Å². The molecule has 3 heterocycles. The lowest BCUT2D eigenvalue weighted by atomic mass is 9.95. The molecule has 8 heteroatoms. The maximum absolute atomic E-state index is 12.1. The number of nitrogens with one attached hydrogen (secondary N) is 2. The van der Waals surface area contributed by atoms with Crippen LogP contribution >= 0.6 is 0 Å². The van der Waals surface area contributed by atoms with Crippen LogP contribution in [0, 0.1) is 0 Å². The van der Waals surface area contributed by atoms with Crippen molar-refractivity contribution in [1.82, 2.24) is 20.2 Å². The second-order valence-corrected chi connectivity index (χ2v) is 6.51. The molecule has 1 aromatic heterocycles. The fraction of sp³-hybridized carbons (Fsp3) is 0.688. The minimum atomic E-state index is -0.225. The number of carbonyl (C=O) groups excluding carboxylic acids is 1. The molecule has 2 amide bonds. The van der Waals surface area contributed by atoms with Crippen LogP contribution in [0.25, 0.3) is 0 Å². The summed E-state index contributed by atoms with van der Waals surface area (Å²) in [5, 5.41) is 5.72. The quantitative estimate of drug-likeness (QED) is 0.833. The molecule has 8 nitrogen and oxygen atoms in total. The Kier molecular flexibility index (Phi) is 5.47. The lowest BCUT2D eigenvalue weighted by molar-refractivity contribution is -0.0217. The number of carbonyl (C=O) groups is 1. The van der Waals surface area contributed by atoms with Gasteiger partial charge in [0.1, 0.15) is 18.0 Å². The molecule has 1 unspecified atom stereocenters. The zero-order valence-corrected chi connectivity index (χ0v) is 14.4. The van der Waals surface area contributed by atoms with Gasteiger partial charge in [0.15, 0.2) is 0 Å². The van der Waals surface area contributed by atoms with Gasteiger partial charge in [-0.3, -0.25) is 10.2 Å². The van der Waals surface area contributed by atoms with Crippen LogP contribution in [0.2, 0.25) is 0 Å². The summed E-state index contributed by atoms with van der Waals surface area (Å²) in [6, 6.07) is 2.56. The van der Waals surface area contributed by atoms with Gasteiger partial charge in [0.05, 0.1) is 0 Å². The molecule has 1 aromatic rings. The van der Waals surface area contributed by atoms with E-state index >= 15 is 0 Å². The van der Waals surface area contributed by atoms with E-state index in [0.717, 1.165) is 44.8 Å². The molecule has 0 aromatic carbocycles. The van der Waals surface area contributed by atoms with Gasteiger partial charge >= 0.3 is 6.03 Å². The lowest BCUT2D eigenvalue weighted by Crippen LogP contribution is -2.58. The van der Waals surface area contributed by atoms with E-state index in [2.05, 4.69) is 25.5 Å². The van der Waals surface area contributed by atoms with Crippen molar-refractivity contribution in [3.05, 3.63) is 12.4 Å². The number of anilines is 2. The Morgan fingerprint density at radius 3 is 2.79 bits per heavy atom. The number of hydrogen-bond acceptors (Lipinski definition) is 6. The lowest BCUT2D eigenvalue weighted by Gasteiger charge is -2.47. The van der Waals surface area contributed by atoms with Crippen LogP contribution in [0.1, 0.15) is 19.3 Å². The molecular formula is C16H26N6O2. The van der Waals surface area contributed by atoms with Crippen molar-refractivity contribution in [2.24, 2.45) is 0 Å². The van der Waals surface area contributed by atoms with Crippen molar-refractivity contribution in [3.8, 4) is 0 Å². The van der Waals surface area contributed by atoms with Crippen LogP contribution < -0.4 is 15.5 Å². The second-order valence-electron chi connectivity index (χ2n) is 6.51. The Morgan fingerprint density at radius 2 is 2.12 bits per heavy atom. The normalized spacial score (nSPS) is 21.8. The molecular weight excluding hydrogens is 308 g/mol. The molecule has 2 fully saturated rings. The first-order valence-corrected chi connectivity index (χ1v) is 8.51. The molecule has 2 aliphatic rings. The standard InChI is InChI=1S/C16H26N6O2/c1-21(2)15-9-14(18-11-19-15)20-16(23)17-10-13-3-6-22(13)12-4-7-24-8-5-12/h9,11-13H,3-8,10H2,1-2H3,(H2,17,18,19,20,23). The van der Waals surface area contributed by atoms with Crippen molar-refractivity contribution < 1.29 is 9.53 Å². The van der Waals surface area contributed by atoms with Gasteiger partial charge in [0.25, 0.3) is 0 Å². The molecule has 132 valence electrons. The first kappa shape index (κ1) is 16.9. The number of rotatable bonds is 5. The van der Waals surface area contributed by atoms with Gasteiger partial charge < -0.3 is 15.0 Å². The van der Waals surface area contributed by atoms with Crippen LogP contribution in [0.4, 0.5) is 16.4 Å². The first-order chi connectivity index (χ1) is 11.6. The van der Waals surface area contributed by atoms with Gasteiger partial charge in [0.2, 0.25) is 0 Å². The average molecular weight is 334 g/mol. The Labute approximate surface area is 142 Å². The molecule has 0 spiro atoms. The van der Waals surface area contributed by atoms with E-state index in [1.165, 1.54) is 6.33 Å². The minimum Gasteiger partial charge on any atom is -0.381 e. The zero-order chi connectivity index (χ0) is 16.9. The van der Waals surface area contributed by atoms with Crippen LogP contribution in [0.3, 0.4) is 0 Å². The second kappa shape index (κ2) is 7.76. The highest BCUT2D eigenvalue weighted by Gasteiger charge is 2.34. The van der Waals surface area contributed by atoms with Gasteiger partial charge in [-0.1, -0.05) is 0 Å². The van der Waals surface area contributed by atoms with Crippen molar-refractivity contribution in [1.29, 1.82) is 0 Å². The molecule has 0 aliphatic carbocycles. The summed E-state index contributed by atoms with van der Waals surface area (Å²) in [7, 11) is 3.79. The first-order valence-electron chi connectivity index (χ1n) is 8.51. The van der Waals surface area contributed by atoms with Crippen molar-refractivity contribution in [2.45, 2.75) is 31.3 Å². The zero-order valence-electron chi connectivity index (χ0n) is 14.4. The number of amides is 2. The molecule has 2 N–H and O–H groups in total. The number of likely N-dealkylation sites (tertiary alicyclic amines) is 1. The summed E-state index contributed by atoms with van der Waals surface area (Å²) in [6.07, 6.45) is 4.77. The topological polar surface area (TPSA) is 82.6 Å². The molecule has 2 aliphatic heterocycles. The Hall–Kier alpha value is -1.93. The van der Waals surface area contributed by atoms with E-state index in [1.54, 1.807) is 6.07 Å². The largest absolute Gasteiger partial charge is 0.381 e. The monoisotopic (exact) mass is 334 g/mol. The Morgan fingerprint density at radius 1 is 1.33 bits per heavy atom. The molecule has 0 bridgehead atoms. The summed E-state index contributed by atoms with van der Waals surface area (Å²) in [5.41, 5.74) is 0. The molecule has 1 atom stereocenters. The third-order valence-electron chi connectivity index (χ3n) is 4.70. The number of urea groups is 1. The number of hydrogen-bond donors (Lipinski definition) is 2. The molecule has 0 saturated carbocycles. The van der Waals surface area contributed by atoms with Crippen LogP contribution in [-0.4, -0.2) is 73.4 Å². The van der Waals surface area contributed by atoms with Gasteiger partial charge in [0, 0.05) is 58.5 Å². The van der Waals surface area contributed by atoms with Crippen molar-refractivity contribution in [3.63, 3.8) is 0 Å². The smallest absolute Gasteiger partial charge is 0.320 e. The fourth-order valence-corrected chi connectivity index (χ4v) is 3.21. The number of ether oxygens (including phenoxy) is 1. The Bertz CT molecular complexity index is 561. The summed E-state index contributed by atoms with van der Waals surface area (Å²) in [4.78, 5) is 24.7. The highest BCUT2D eigenvalue weighted by Crippen LogP contribution is 2.25. The molecule has 24 heavy (non-hydrogen) atoms. The summed E-state index contributed by atoms with van der Waals surface area (Å²) in [5.74, 6) is 1.26. The van der Waals surface area contributed by atoms with Crippen molar-refractivity contribution in [2.75, 3.05) is 50.6 Å². The predicted molar refractivity (Wildman–Crippen MR) is 92.3 cm³/mol. The Balaban J connectivity index is 1.45. The van der Waals surface area contributed by atoms with Crippen LogP contribution in [-0.2, 0) is 4.74 Å². The number of aromatic nitrogens is 2. The van der Waals surface area contributed by atoms with Crippen LogP contribution in [0.5, 0.6) is 0 Å². The van der Waals surface area contributed by atoms with Gasteiger partial charge in [-0.15, -0.1) is 0 Å². The van der Waals surface area contributed by atoms with E-state index in [9.17, 15) is 4.79 Å². The van der Waals surface area contributed by atoms with Gasteiger partial charge in [-0.25, -0.2) is 14.8 Å².